The molecular formula is C17H24N2O. The summed E-state index contributed by atoms with van der Waals surface area (Å²) < 4.78 is 0. The average molecular weight is 272 g/mol. The van der Waals surface area contributed by atoms with Gasteiger partial charge >= 0.3 is 0 Å². The number of β-amino-alcohol motifs (C(OH)–C–C–N with tert-alkyl or cyclic N) is 1. The van der Waals surface area contributed by atoms with E-state index in [1.165, 1.54) is 29.3 Å². The Morgan fingerprint density at radius 2 is 1.95 bits per heavy atom. The summed E-state index contributed by atoms with van der Waals surface area (Å²) in [6, 6.07) is 8.55. The predicted octanol–water partition coefficient (Wildman–Crippen LogP) is 3.12. The minimum Gasteiger partial charge on any atom is -0.389 e. The van der Waals surface area contributed by atoms with Crippen LogP contribution < -0.4 is 0 Å². The summed E-state index contributed by atoms with van der Waals surface area (Å²) in [4.78, 5) is 5.76. The molecule has 2 aromatic rings. The van der Waals surface area contributed by atoms with Gasteiger partial charge in [0.1, 0.15) is 0 Å². The van der Waals surface area contributed by atoms with Crippen molar-refractivity contribution in [1.82, 2.24) is 9.88 Å². The van der Waals surface area contributed by atoms with E-state index in [0.29, 0.717) is 5.92 Å². The standard InChI is InChI=1S/C17H24N2O/c1-17(2,20)12-19-9-7-13(8-10-19)15-11-18-16-6-4-3-5-14(15)16/h3-6,11,13,18,20H,7-10,12H2,1-2H3. The highest BCUT2D eigenvalue weighted by atomic mass is 16.3. The molecule has 0 amide bonds. The molecule has 0 saturated carbocycles. The van der Waals surface area contributed by atoms with Gasteiger partial charge in [-0.2, -0.15) is 0 Å². The number of nitrogens with zero attached hydrogens (tertiary/aromatic N) is 1. The summed E-state index contributed by atoms with van der Waals surface area (Å²) >= 11 is 0. The van der Waals surface area contributed by atoms with Crippen LogP contribution in [0, 0.1) is 0 Å². The predicted molar refractivity (Wildman–Crippen MR) is 83.0 cm³/mol. The molecule has 20 heavy (non-hydrogen) atoms. The SMILES string of the molecule is CC(C)(O)CN1CCC(c2c[nH]c3ccccc23)CC1. The maximum Gasteiger partial charge on any atom is 0.0718 e. The molecule has 0 atom stereocenters. The smallest absolute Gasteiger partial charge is 0.0718 e. The van der Waals surface area contributed by atoms with Crippen molar-refractivity contribution >= 4 is 10.9 Å². The molecule has 2 heterocycles. The third-order valence-corrected chi connectivity index (χ3v) is 4.26. The van der Waals surface area contributed by atoms with Gasteiger partial charge in [0.25, 0.3) is 0 Å². The van der Waals surface area contributed by atoms with E-state index in [2.05, 4.69) is 40.3 Å². The van der Waals surface area contributed by atoms with Crippen molar-refractivity contribution in [2.24, 2.45) is 0 Å². The number of aromatic nitrogens is 1. The molecule has 0 aliphatic carbocycles. The lowest BCUT2D eigenvalue weighted by Crippen LogP contribution is -2.42. The molecule has 1 saturated heterocycles. The van der Waals surface area contributed by atoms with E-state index in [1.54, 1.807) is 0 Å². The first-order chi connectivity index (χ1) is 9.53. The minimum atomic E-state index is -0.590. The van der Waals surface area contributed by atoms with Crippen molar-refractivity contribution in [1.29, 1.82) is 0 Å². The third-order valence-electron chi connectivity index (χ3n) is 4.26. The lowest BCUT2D eigenvalue weighted by Gasteiger charge is -2.35. The van der Waals surface area contributed by atoms with Crippen molar-refractivity contribution in [2.75, 3.05) is 19.6 Å². The molecule has 1 fully saturated rings. The van der Waals surface area contributed by atoms with Crippen LogP contribution in [0.3, 0.4) is 0 Å². The lowest BCUT2D eigenvalue weighted by molar-refractivity contribution is 0.0282. The topological polar surface area (TPSA) is 39.3 Å². The first-order valence-electron chi connectivity index (χ1n) is 7.54. The monoisotopic (exact) mass is 272 g/mol. The van der Waals surface area contributed by atoms with Crippen LogP contribution in [-0.4, -0.2) is 40.2 Å². The number of aliphatic hydroxyl groups is 1. The summed E-state index contributed by atoms with van der Waals surface area (Å²) in [6.07, 6.45) is 4.54. The van der Waals surface area contributed by atoms with Gasteiger partial charge in [-0.25, -0.2) is 0 Å². The Balaban J connectivity index is 1.69. The van der Waals surface area contributed by atoms with Crippen molar-refractivity contribution in [3.05, 3.63) is 36.0 Å². The molecular weight excluding hydrogens is 248 g/mol. The number of para-hydroxylation sites is 1. The van der Waals surface area contributed by atoms with Crippen LogP contribution >= 0.6 is 0 Å². The Hall–Kier alpha value is -1.32. The highest BCUT2D eigenvalue weighted by molar-refractivity contribution is 5.83. The largest absolute Gasteiger partial charge is 0.389 e. The van der Waals surface area contributed by atoms with E-state index in [1.807, 2.05) is 13.8 Å². The second-order valence-corrected chi connectivity index (χ2v) is 6.65. The van der Waals surface area contributed by atoms with Gasteiger partial charge in [0.15, 0.2) is 0 Å². The summed E-state index contributed by atoms with van der Waals surface area (Å²) in [5.41, 5.74) is 2.11. The maximum absolute atomic E-state index is 9.91. The normalized spacial score (nSPS) is 18.8. The fourth-order valence-electron chi connectivity index (χ4n) is 3.38. The van der Waals surface area contributed by atoms with Gasteiger partial charge in [-0.15, -0.1) is 0 Å². The number of likely N-dealkylation sites (tertiary alicyclic amines) is 1. The summed E-state index contributed by atoms with van der Waals surface area (Å²) in [6.45, 7) is 6.70. The zero-order chi connectivity index (χ0) is 14.2. The van der Waals surface area contributed by atoms with Crippen LogP contribution in [0.2, 0.25) is 0 Å². The Bertz CT molecular complexity index is 574. The zero-order valence-electron chi connectivity index (χ0n) is 12.4. The highest BCUT2D eigenvalue weighted by Crippen LogP contribution is 2.33. The second kappa shape index (κ2) is 5.23. The van der Waals surface area contributed by atoms with Gasteiger partial charge in [-0.05, 0) is 57.3 Å². The van der Waals surface area contributed by atoms with Crippen molar-refractivity contribution in [2.45, 2.75) is 38.2 Å². The number of benzene rings is 1. The number of hydrogen-bond acceptors (Lipinski definition) is 2. The minimum absolute atomic E-state index is 0.590. The van der Waals surface area contributed by atoms with Crippen molar-refractivity contribution < 1.29 is 5.11 Å². The summed E-state index contributed by atoms with van der Waals surface area (Å²) in [5, 5.41) is 11.3. The lowest BCUT2D eigenvalue weighted by atomic mass is 9.89. The molecule has 1 aromatic carbocycles. The van der Waals surface area contributed by atoms with Crippen LogP contribution in [0.5, 0.6) is 0 Å². The highest BCUT2D eigenvalue weighted by Gasteiger charge is 2.25. The molecule has 1 aromatic heterocycles. The van der Waals surface area contributed by atoms with Gasteiger partial charge < -0.3 is 15.0 Å². The van der Waals surface area contributed by atoms with Crippen molar-refractivity contribution in [3.63, 3.8) is 0 Å². The number of H-pyrrole nitrogens is 1. The van der Waals surface area contributed by atoms with E-state index in [4.69, 9.17) is 0 Å². The molecule has 0 bridgehead atoms. The number of rotatable bonds is 3. The fourth-order valence-corrected chi connectivity index (χ4v) is 3.38. The molecule has 3 heteroatoms. The summed E-state index contributed by atoms with van der Waals surface area (Å²) in [7, 11) is 0. The molecule has 0 radical (unpaired) electrons. The maximum atomic E-state index is 9.91. The van der Waals surface area contributed by atoms with Gasteiger partial charge in [-0.3, -0.25) is 0 Å². The van der Waals surface area contributed by atoms with E-state index in [0.717, 1.165) is 19.6 Å². The zero-order valence-corrected chi connectivity index (χ0v) is 12.4. The van der Waals surface area contributed by atoms with Gasteiger partial charge in [0.05, 0.1) is 5.60 Å². The third kappa shape index (κ3) is 2.89. The Morgan fingerprint density at radius 3 is 2.65 bits per heavy atom. The van der Waals surface area contributed by atoms with E-state index in [9.17, 15) is 5.11 Å². The molecule has 2 N–H and O–H groups in total. The van der Waals surface area contributed by atoms with Gasteiger partial charge in [-0.1, -0.05) is 18.2 Å². The van der Waals surface area contributed by atoms with Gasteiger partial charge in [0, 0.05) is 23.6 Å². The Labute approximate surface area is 120 Å². The van der Waals surface area contributed by atoms with Crippen LogP contribution in [0.25, 0.3) is 10.9 Å². The fraction of sp³-hybridized carbons (Fsp3) is 0.529. The molecule has 1 aliphatic rings. The van der Waals surface area contributed by atoms with E-state index >= 15 is 0 Å². The van der Waals surface area contributed by atoms with Crippen LogP contribution in [0.4, 0.5) is 0 Å². The number of nitrogens with one attached hydrogen (secondary N) is 1. The van der Waals surface area contributed by atoms with Crippen LogP contribution in [0.1, 0.15) is 38.2 Å². The molecule has 0 unspecified atom stereocenters. The molecule has 3 rings (SSSR count). The molecule has 3 nitrogen and oxygen atoms in total. The summed E-state index contributed by atoms with van der Waals surface area (Å²) in [5.74, 6) is 0.643. The molecule has 0 spiro atoms. The Kier molecular flexibility index (Phi) is 3.57. The van der Waals surface area contributed by atoms with Crippen LogP contribution in [-0.2, 0) is 0 Å². The quantitative estimate of drug-likeness (QED) is 0.901. The van der Waals surface area contributed by atoms with E-state index in [-0.39, 0.29) is 0 Å². The number of fused-ring (bicyclic) bond motifs is 1. The first kappa shape index (κ1) is 13.7. The Morgan fingerprint density at radius 1 is 1.25 bits per heavy atom. The number of aromatic amines is 1. The molecule has 108 valence electrons. The van der Waals surface area contributed by atoms with Crippen molar-refractivity contribution in [3.8, 4) is 0 Å². The van der Waals surface area contributed by atoms with Crippen LogP contribution in [0.15, 0.2) is 30.5 Å². The number of hydrogen-bond donors (Lipinski definition) is 2. The second-order valence-electron chi connectivity index (χ2n) is 6.65. The first-order valence-corrected chi connectivity index (χ1v) is 7.54. The number of piperidine rings is 1. The van der Waals surface area contributed by atoms with Gasteiger partial charge in [0.2, 0.25) is 0 Å². The van der Waals surface area contributed by atoms with E-state index < -0.39 is 5.60 Å². The molecule has 1 aliphatic heterocycles. The average Bonchev–Trinajstić information content (AvgIpc) is 2.82.